The average molecular weight is 298 g/mol. The smallest absolute Gasteiger partial charge is 0.354 e. The maximum absolute atomic E-state index is 11.6. The van der Waals surface area contributed by atoms with E-state index in [1.807, 2.05) is 13.8 Å². The van der Waals surface area contributed by atoms with Crippen molar-refractivity contribution in [2.75, 3.05) is 19.5 Å². The number of benzene rings is 1. The van der Waals surface area contributed by atoms with Crippen LogP contribution in [-0.4, -0.2) is 26.2 Å². The summed E-state index contributed by atoms with van der Waals surface area (Å²) in [5, 5.41) is 3.49. The summed E-state index contributed by atoms with van der Waals surface area (Å²) in [6, 6.07) is 3.53. The number of halogens is 1. The van der Waals surface area contributed by atoms with E-state index in [1.54, 1.807) is 12.1 Å². The molecule has 0 amide bonds. The highest BCUT2D eigenvalue weighted by Crippen LogP contribution is 2.25. The van der Waals surface area contributed by atoms with Crippen LogP contribution in [-0.2, 0) is 19.1 Å². The zero-order valence-electron chi connectivity index (χ0n) is 11.7. The van der Waals surface area contributed by atoms with E-state index in [-0.39, 0.29) is 5.70 Å². The van der Waals surface area contributed by atoms with Crippen molar-refractivity contribution in [3.63, 3.8) is 0 Å². The van der Waals surface area contributed by atoms with Crippen LogP contribution in [0.1, 0.15) is 11.1 Å². The van der Waals surface area contributed by atoms with Crippen LogP contribution in [0.25, 0.3) is 0 Å². The number of carbonyl (C=O) groups excluding carboxylic acids is 2. The molecule has 0 aliphatic carbocycles. The lowest BCUT2D eigenvalue weighted by molar-refractivity contribution is -0.138. The van der Waals surface area contributed by atoms with Gasteiger partial charge in [-0.2, -0.15) is 0 Å². The summed E-state index contributed by atoms with van der Waals surface area (Å²) < 4.78 is 9.11. The number of anilines is 1. The van der Waals surface area contributed by atoms with Crippen molar-refractivity contribution in [3.05, 3.63) is 40.1 Å². The first-order valence-electron chi connectivity index (χ1n) is 5.80. The van der Waals surface area contributed by atoms with Crippen molar-refractivity contribution in [1.29, 1.82) is 0 Å². The van der Waals surface area contributed by atoms with Gasteiger partial charge in [0.05, 0.1) is 20.3 Å². The molecule has 0 saturated carbocycles. The fraction of sp³-hybridized carbons (Fsp3) is 0.286. The molecule has 1 rings (SSSR count). The van der Waals surface area contributed by atoms with Gasteiger partial charge in [0.2, 0.25) is 0 Å². The largest absolute Gasteiger partial charge is 0.466 e. The predicted molar refractivity (Wildman–Crippen MR) is 76.7 cm³/mol. The molecule has 0 aliphatic heterocycles. The molecule has 0 atom stereocenters. The van der Waals surface area contributed by atoms with Gasteiger partial charge in [0.1, 0.15) is 5.70 Å². The van der Waals surface area contributed by atoms with E-state index in [1.165, 1.54) is 14.2 Å². The molecule has 1 aromatic carbocycles. The second-order valence-electron chi connectivity index (χ2n) is 4.12. The summed E-state index contributed by atoms with van der Waals surface area (Å²) in [7, 11) is 2.46. The molecule has 0 spiro atoms. The van der Waals surface area contributed by atoms with Crippen LogP contribution in [0, 0.1) is 13.8 Å². The number of nitrogens with one attached hydrogen (secondary N) is 1. The number of methoxy groups -OCH3 is 2. The Labute approximate surface area is 122 Å². The van der Waals surface area contributed by atoms with E-state index in [0.717, 1.165) is 17.2 Å². The van der Waals surface area contributed by atoms with Crippen molar-refractivity contribution in [2.45, 2.75) is 13.8 Å². The minimum atomic E-state index is -0.666. The summed E-state index contributed by atoms with van der Waals surface area (Å²) in [6.45, 7) is 3.70. The summed E-state index contributed by atoms with van der Waals surface area (Å²) in [4.78, 5) is 22.9. The molecule has 0 fully saturated rings. The van der Waals surface area contributed by atoms with E-state index in [2.05, 4.69) is 14.8 Å². The first-order chi connectivity index (χ1) is 9.38. The van der Waals surface area contributed by atoms with E-state index in [9.17, 15) is 9.59 Å². The third-order valence-corrected chi connectivity index (χ3v) is 3.18. The molecule has 0 aromatic heterocycles. The molecule has 108 valence electrons. The van der Waals surface area contributed by atoms with Gasteiger partial charge < -0.3 is 14.8 Å². The fourth-order valence-electron chi connectivity index (χ4n) is 1.61. The van der Waals surface area contributed by atoms with Gasteiger partial charge in [-0.1, -0.05) is 11.6 Å². The third kappa shape index (κ3) is 3.99. The summed E-state index contributed by atoms with van der Waals surface area (Å²) in [5.41, 5.74) is 2.33. The molecule has 0 bridgehead atoms. The Morgan fingerprint density at radius 3 is 2.15 bits per heavy atom. The second-order valence-corrected chi connectivity index (χ2v) is 4.50. The van der Waals surface area contributed by atoms with Crippen LogP contribution in [0.15, 0.2) is 23.9 Å². The minimum absolute atomic E-state index is 0.0135. The van der Waals surface area contributed by atoms with E-state index >= 15 is 0 Å². The van der Waals surface area contributed by atoms with Crippen molar-refractivity contribution in [1.82, 2.24) is 0 Å². The van der Waals surface area contributed by atoms with Crippen LogP contribution >= 0.6 is 11.6 Å². The summed E-state index contributed by atoms with van der Waals surface area (Å²) in [6.07, 6.45) is 1.03. The number of hydrogen-bond donors (Lipinski definition) is 1. The molecule has 0 radical (unpaired) electrons. The molecular weight excluding hydrogens is 282 g/mol. The zero-order valence-corrected chi connectivity index (χ0v) is 12.5. The molecule has 1 aromatic rings. The van der Waals surface area contributed by atoms with Crippen LogP contribution < -0.4 is 5.32 Å². The monoisotopic (exact) mass is 297 g/mol. The topological polar surface area (TPSA) is 64.6 Å². The Balaban J connectivity index is 3.10. The normalized spacial score (nSPS) is 10.9. The quantitative estimate of drug-likeness (QED) is 0.683. The standard InChI is InChI=1S/C14H16ClNO4/c1-8-5-10(6-9(2)13(8)15)16-11(14(18)20-4)7-12(17)19-3/h5-7,16H,1-4H3/b11-7+. The highest BCUT2D eigenvalue weighted by molar-refractivity contribution is 6.32. The minimum Gasteiger partial charge on any atom is -0.466 e. The lowest BCUT2D eigenvalue weighted by Gasteiger charge is -2.12. The molecule has 5 nitrogen and oxygen atoms in total. The number of esters is 2. The number of ether oxygens (including phenoxy) is 2. The van der Waals surface area contributed by atoms with Gasteiger partial charge in [-0.15, -0.1) is 0 Å². The molecule has 20 heavy (non-hydrogen) atoms. The molecule has 0 aliphatic rings. The van der Waals surface area contributed by atoms with E-state index in [4.69, 9.17) is 11.6 Å². The lowest BCUT2D eigenvalue weighted by Crippen LogP contribution is -2.15. The SMILES string of the molecule is COC(=O)/C=C(/Nc1cc(C)c(Cl)c(C)c1)C(=O)OC. The number of hydrogen-bond acceptors (Lipinski definition) is 5. The maximum Gasteiger partial charge on any atom is 0.354 e. The van der Waals surface area contributed by atoms with Crippen molar-refractivity contribution in [2.24, 2.45) is 0 Å². The van der Waals surface area contributed by atoms with E-state index < -0.39 is 11.9 Å². The van der Waals surface area contributed by atoms with Gasteiger partial charge in [0.15, 0.2) is 0 Å². The van der Waals surface area contributed by atoms with Crippen molar-refractivity contribution in [3.8, 4) is 0 Å². The molecular formula is C14H16ClNO4. The number of rotatable bonds is 4. The third-order valence-electron chi connectivity index (χ3n) is 2.58. The fourth-order valence-corrected chi connectivity index (χ4v) is 1.72. The van der Waals surface area contributed by atoms with Gasteiger partial charge in [0.25, 0.3) is 0 Å². The molecule has 1 N–H and O–H groups in total. The molecule has 0 saturated heterocycles. The average Bonchev–Trinajstić information content (AvgIpc) is 2.42. The van der Waals surface area contributed by atoms with Gasteiger partial charge in [0, 0.05) is 10.7 Å². The second kappa shape index (κ2) is 6.96. The number of aryl methyl sites for hydroxylation is 2. The van der Waals surface area contributed by atoms with Crippen LogP contribution in [0.4, 0.5) is 5.69 Å². The summed E-state index contributed by atoms with van der Waals surface area (Å²) in [5.74, 6) is -1.32. The van der Waals surface area contributed by atoms with Crippen LogP contribution in [0.2, 0.25) is 5.02 Å². The first-order valence-corrected chi connectivity index (χ1v) is 6.18. The predicted octanol–water partition coefficient (Wildman–Crippen LogP) is 2.60. The summed E-state index contributed by atoms with van der Waals surface area (Å²) >= 11 is 6.07. The Morgan fingerprint density at radius 1 is 1.15 bits per heavy atom. The van der Waals surface area contributed by atoms with Crippen molar-refractivity contribution < 1.29 is 19.1 Å². The van der Waals surface area contributed by atoms with Gasteiger partial charge >= 0.3 is 11.9 Å². The Morgan fingerprint density at radius 2 is 1.70 bits per heavy atom. The van der Waals surface area contributed by atoms with Crippen molar-refractivity contribution >= 4 is 29.2 Å². The molecule has 0 unspecified atom stereocenters. The van der Waals surface area contributed by atoms with E-state index in [0.29, 0.717) is 10.7 Å². The van der Waals surface area contributed by atoms with Gasteiger partial charge in [-0.3, -0.25) is 0 Å². The zero-order chi connectivity index (χ0) is 15.3. The number of carbonyl (C=O) groups is 2. The highest BCUT2D eigenvalue weighted by Gasteiger charge is 2.13. The Hall–Kier alpha value is -2.01. The van der Waals surface area contributed by atoms with Crippen LogP contribution in [0.3, 0.4) is 0 Å². The highest BCUT2D eigenvalue weighted by atomic mass is 35.5. The first kappa shape index (κ1) is 16.0. The van der Waals surface area contributed by atoms with Gasteiger partial charge in [-0.05, 0) is 37.1 Å². The Bertz CT molecular complexity index is 543. The van der Waals surface area contributed by atoms with Gasteiger partial charge in [-0.25, -0.2) is 9.59 Å². The molecule has 0 heterocycles. The van der Waals surface area contributed by atoms with Crippen LogP contribution in [0.5, 0.6) is 0 Å². The lowest BCUT2D eigenvalue weighted by atomic mass is 10.1. The Kier molecular flexibility index (Phi) is 5.58. The molecule has 6 heteroatoms. The maximum atomic E-state index is 11.6.